The second-order valence-corrected chi connectivity index (χ2v) is 19.7. The normalized spacial score (nSPS) is 15.9. The van der Waals surface area contributed by atoms with Gasteiger partial charge in [-0.1, -0.05) is 121 Å². The lowest BCUT2D eigenvalue weighted by Crippen LogP contribution is -2.60. The zero-order chi connectivity index (χ0) is 36.2. The Bertz CT molecular complexity index is 2520. The second-order valence-electron chi connectivity index (χ2n) is 17.6. The number of hydrogen-bond acceptors (Lipinski definition) is 4. The Morgan fingerprint density at radius 1 is 0.566 bits per heavy atom. The molecule has 5 aromatic carbocycles. The van der Waals surface area contributed by atoms with Crippen LogP contribution < -0.4 is 25.5 Å². The summed E-state index contributed by atoms with van der Waals surface area (Å²) in [5, 5.41) is 4.10. The van der Waals surface area contributed by atoms with Crippen LogP contribution in [-0.2, 0) is 10.8 Å². The van der Waals surface area contributed by atoms with Crippen LogP contribution >= 0.6 is 22.7 Å². The van der Waals surface area contributed by atoms with Gasteiger partial charge in [0.15, 0.2) is 0 Å². The maximum atomic E-state index is 2.66. The Hall–Kier alpha value is -4.32. The molecule has 1 fully saturated rings. The molecule has 2 nitrogen and oxygen atoms in total. The lowest BCUT2D eigenvalue weighted by Gasteiger charge is -2.43. The molecule has 2 aromatic heterocycles. The highest BCUT2D eigenvalue weighted by atomic mass is 32.1. The summed E-state index contributed by atoms with van der Waals surface area (Å²) >= 11 is 3.96. The van der Waals surface area contributed by atoms with Crippen LogP contribution in [0.15, 0.2) is 109 Å². The molecule has 7 aromatic rings. The van der Waals surface area contributed by atoms with E-state index in [2.05, 4.69) is 161 Å². The monoisotopic (exact) mass is 726 g/mol. The summed E-state index contributed by atoms with van der Waals surface area (Å²) in [6.07, 6.45) is 6.52. The first kappa shape index (κ1) is 33.3. The van der Waals surface area contributed by atoms with Crippen LogP contribution in [0.4, 0.5) is 33.4 Å². The molecule has 0 spiro atoms. The van der Waals surface area contributed by atoms with Gasteiger partial charge in [0.25, 0.3) is 6.71 Å². The fourth-order valence-corrected chi connectivity index (χ4v) is 11.9. The average molecular weight is 727 g/mol. The number of thiophene rings is 2. The summed E-state index contributed by atoms with van der Waals surface area (Å²) < 4.78 is 4.17. The molecule has 0 amide bonds. The third kappa shape index (κ3) is 5.25. The van der Waals surface area contributed by atoms with E-state index in [0.29, 0.717) is 5.92 Å². The lowest BCUT2D eigenvalue weighted by molar-refractivity contribution is 0.444. The molecular weight excluding hydrogens is 679 g/mol. The number of nitrogens with zero attached hydrogens (tertiary/aromatic N) is 2. The van der Waals surface area contributed by atoms with Crippen molar-refractivity contribution in [3.05, 3.63) is 126 Å². The highest BCUT2D eigenvalue weighted by molar-refractivity contribution is 7.35. The minimum absolute atomic E-state index is 0.0886. The Morgan fingerprint density at radius 3 is 1.70 bits per heavy atom. The fourth-order valence-electron chi connectivity index (χ4n) is 9.34. The van der Waals surface area contributed by atoms with E-state index in [0.717, 1.165) is 0 Å². The van der Waals surface area contributed by atoms with Crippen LogP contribution in [0.5, 0.6) is 0 Å². The van der Waals surface area contributed by atoms with Crippen LogP contribution in [-0.4, -0.2) is 6.71 Å². The molecule has 1 aliphatic carbocycles. The summed E-state index contributed by atoms with van der Waals surface area (Å²) in [5.74, 6) is 0.573. The van der Waals surface area contributed by atoms with Gasteiger partial charge >= 0.3 is 0 Å². The number of hydrogen-bond donors (Lipinski definition) is 0. The minimum atomic E-state index is 0.0886. The Balaban J connectivity index is 1.31. The minimum Gasteiger partial charge on any atom is -0.310 e. The van der Waals surface area contributed by atoms with Crippen molar-refractivity contribution in [2.75, 3.05) is 9.80 Å². The van der Waals surface area contributed by atoms with Crippen LogP contribution in [0, 0.1) is 0 Å². The first-order valence-corrected chi connectivity index (χ1v) is 21.2. The first-order valence-electron chi connectivity index (χ1n) is 19.6. The number of benzene rings is 5. The van der Waals surface area contributed by atoms with Gasteiger partial charge in [-0.3, -0.25) is 0 Å². The molecule has 0 unspecified atom stereocenters. The van der Waals surface area contributed by atoms with Crippen molar-refractivity contribution in [3.63, 3.8) is 0 Å². The number of fused-ring (bicyclic) bond motifs is 8. The molecule has 0 N–H and O–H groups in total. The van der Waals surface area contributed by atoms with Gasteiger partial charge in [-0.05, 0) is 111 Å². The maximum Gasteiger partial charge on any atom is 0.266 e. The SMILES string of the molecule is CC(C)(C)c1ccc(N2c3cc(C4CCCCC4)cc4c3B(c3sc5ccccc5c3N4c3ccc(C(C)(C)C)cc3)c3c2sc2ccccc32)cc1. The van der Waals surface area contributed by atoms with Crippen molar-refractivity contribution in [1.82, 2.24) is 0 Å². The molecule has 0 atom stereocenters. The Labute approximate surface area is 323 Å². The van der Waals surface area contributed by atoms with Gasteiger partial charge in [0.2, 0.25) is 0 Å². The van der Waals surface area contributed by atoms with Crippen LogP contribution in [0.1, 0.15) is 96.3 Å². The molecule has 53 heavy (non-hydrogen) atoms. The molecule has 3 aliphatic rings. The molecule has 0 saturated heterocycles. The molecule has 264 valence electrons. The van der Waals surface area contributed by atoms with E-state index in [1.165, 1.54) is 118 Å². The zero-order valence-corrected chi connectivity index (χ0v) is 33.4. The van der Waals surface area contributed by atoms with Gasteiger partial charge in [0.05, 0.1) is 10.7 Å². The highest BCUT2D eigenvalue weighted by Crippen LogP contribution is 2.51. The third-order valence-corrected chi connectivity index (χ3v) is 14.6. The molecule has 4 heterocycles. The van der Waals surface area contributed by atoms with Crippen molar-refractivity contribution < 1.29 is 0 Å². The molecule has 2 aliphatic heterocycles. The van der Waals surface area contributed by atoms with Crippen molar-refractivity contribution in [1.29, 1.82) is 0 Å². The first-order chi connectivity index (χ1) is 25.6. The zero-order valence-electron chi connectivity index (χ0n) is 31.8. The second kappa shape index (κ2) is 12.1. The van der Waals surface area contributed by atoms with Gasteiger partial charge < -0.3 is 9.80 Å². The smallest absolute Gasteiger partial charge is 0.266 e. The van der Waals surface area contributed by atoms with Crippen molar-refractivity contribution in [3.8, 4) is 0 Å². The summed E-state index contributed by atoms with van der Waals surface area (Å²) in [6.45, 7) is 14.0. The standard InChI is InChI=1S/C48H47BN2S2/c1-47(2,3)32-20-24-34(25-21-32)50-38-28-31(30-14-8-7-9-15-30)29-39-43(38)49(45-44(50)37-17-11-13-19-41(37)52-45)42-36-16-10-12-18-40(36)53-46(42)51(39)35-26-22-33(23-27-35)48(4,5)6/h10-13,16-30H,7-9,14-15H2,1-6H3. The number of anilines is 6. The van der Waals surface area contributed by atoms with Crippen LogP contribution in [0.3, 0.4) is 0 Å². The van der Waals surface area contributed by atoms with Crippen molar-refractivity contribution in [2.24, 2.45) is 0 Å². The summed E-state index contributed by atoms with van der Waals surface area (Å²) in [4.78, 5) is 5.30. The van der Waals surface area contributed by atoms with Gasteiger partial charge in [-0.25, -0.2) is 0 Å². The Kier molecular flexibility index (Phi) is 7.59. The van der Waals surface area contributed by atoms with Gasteiger partial charge in [0.1, 0.15) is 0 Å². The molecular formula is C48H47BN2S2. The summed E-state index contributed by atoms with van der Waals surface area (Å²) in [6, 6.07) is 42.5. The molecule has 0 radical (unpaired) electrons. The van der Waals surface area contributed by atoms with E-state index < -0.39 is 0 Å². The topological polar surface area (TPSA) is 6.48 Å². The molecule has 10 rings (SSSR count). The average Bonchev–Trinajstić information content (AvgIpc) is 3.73. The third-order valence-electron chi connectivity index (χ3n) is 12.2. The molecule has 0 bridgehead atoms. The van der Waals surface area contributed by atoms with E-state index in [4.69, 9.17) is 0 Å². The quantitative estimate of drug-likeness (QED) is 0.167. The van der Waals surface area contributed by atoms with Gasteiger partial charge in [0, 0.05) is 42.3 Å². The van der Waals surface area contributed by atoms with Gasteiger partial charge in [-0.15, -0.1) is 22.7 Å². The Morgan fingerprint density at radius 2 is 1.09 bits per heavy atom. The van der Waals surface area contributed by atoms with Crippen LogP contribution in [0.25, 0.3) is 20.2 Å². The predicted molar refractivity (Wildman–Crippen MR) is 234 cm³/mol. The van der Waals surface area contributed by atoms with E-state index in [-0.39, 0.29) is 17.5 Å². The van der Waals surface area contributed by atoms with Crippen molar-refractivity contribution >= 4 is 98.7 Å². The van der Waals surface area contributed by atoms with E-state index in [1.807, 2.05) is 22.7 Å². The molecule has 1 saturated carbocycles. The predicted octanol–water partition coefficient (Wildman–Crippen LogP) is 12.8. The highest BCUT2D eigenvalue weighted by Gasteiger charge is 2.47. The summed E-state index contributed by atoms with van der Waals surface area (Å²) in [5.41, 5.74) is 13.9. The largest absolute Gasteiger partial charge is 0.310 e. The number of rotatable bonds is 3. The molecule has 5 heteroatoms. The van der Waals surface area contributed by atoms with E-state index in [9.17, 15) is 0 Å². The van der Waals surface area contributed by atoms with Crippen molar-refractivity contribution in [2.45, 2.75) is 90.4 Å². The fraction of sp³-hybridized carbons (Fsp3) is 0.292. The van der Waals surface area contributed by atoms with Crippen LogP contribution in [0.2, 0.25) is 0 Å². The van der Waals surface area contributed by atoms with Gasteiger partial charge in [-0.2, -0.15) is 0 Å². The van der Waals surface area contributed by atoms with E-state index >= 15 is 0 Å². The van der Waals surface area contributed by atoms with E-state index in [1.54, 1.807) is 0 Å². The maximum absolute atomic E-state index is 2.66. The summed E-state index contributed by atoms with van der Waals surface area (Å²) in [7, 11) is 0. The lowest BCUT2D eigenvalue weighted by atomic mass is 9.36.